The molecule has 5 heteroatoms. The number of thiophene rings is 1. The van der Waals surface area contributed by atoms with E-state index in [-0.39, 0.29) is 17.8 Å². The van der Waals surface area contributed by atoms with Gasteiger partial charge in [-0.3, -0.25) is 0 Å². The van der Waals surface area contributed by atoms with Gasteiger partial charge in [-0.1, -0.05) is 6.07 Å². The summed E-state index contributed by atoms with van der Waals surface area (Å²) >= 11 is 1.42. The molecule has 0 amide bonds. The first-order chi connectivity index (χ1) is 8.58. The molecule has 0 aliphatic rings. The molecule has 2 rings (SSSR count). The Labute approximate surface area is 108 Å². The molecular formula is C13H13F2NOS. The zero-order valence-electron chi connectivity index (χ0n) is 9.78. The van der Waals surface area contributed by atoms with Gasteiger partial charge >= 0.3 is 0 Å². The Balaban J connectivity index is 2.04. The molecule has 0 radical (unpaired) electrons. The van der Waals surface area contributed by atoms with E-state index >= 15 is 0 Å². The van der Waals surface area contributed by atoms with E-state index in [0.717, 1.165) is 17.0 Å². The van der Waals surface area contributed by atoms with Crippen molar-refractivity contribution in [2.75, 3.05) is 11.9 Å². The molecule has 2 nitrogen and oxygen atoms in total. The van der Waals surface area contributed by atoms with E-state index in [0.29, 0.717) is 0 Å². The third kappa shape index (κ3) is 2.86. The second kappa shape index (κ2) is 5.46. The van der Waals surface area contributed by atoms with E-state index in [1.165, 1.54) is 18.3 Å². The predicted molar refractivity (Wildman–Crippen MR) is 68.9 cm³/mol. The fraction of sp³-hybridized carbons (Fsp3) is 0.231. The van der Waals surface area contributed by atoms with Crippen LogP contribution in [0.25, 0.3) is 0 Å². The molecule has 0 spiro atoms. The van der Waals surface area contributed by atoms with Gasteiger partial charge in [-0.25, -0.2) is 8.78 Å². The van der Waals surface area contributed by atoms with Gasteiger partial charge in [0.2, 0.25) is 0 Å². The fourth-order valence-electron chi connectivity index (χ4n) is 1.57. The standard InChI is InChI=1S/C13H13F2NOS/c1-8-5-10(15)11(6-9(8)14)16-7-12(17)13-3-2-4-18-13/h2-6,12,16-17H,7H2,1H3. The summed E-state index contributed by atoms with van der Waals surface area (Å²) in [6.45, 7) is 1.64. The molecule has 1 heterocycles. The maximum Gasteiger partial charge on any atom is 0.146 e. The number of nitrogens with one attached hydrogen (secondary N) is 1. The summed E-state index contributed by atoms with van der Waals surface area (Å²) in [7, 11) is 0. The van der Waals surface area contributed by atoms with Crippen LogP contribution >= 0.6 is 11.3 Å². The first kappa shape index (κ1) is 13.0. The molecular weight excluding hydrogens is 256 g/mol. The largest absolute Gasteiger partial charge is 0.386 e. The van der Waals surface area contributed by atoms with Gasteiger partial charge in [0, 0.05) is 17.5 Å². The van der Waals surface area contributed by atoms with E-state index < -0.39 is 17.7 Å². The van der Waals surface area contributed by atoms with Crippen LogP contribution in [0.1, 0.15) is 16.5 Å². The van der Waals surface area contributed by atoms with E-state index in [1.807, 2.05) is 11.4 Å². The zero-order valence-corrected chi connectivity index (χ0v) is 10.6. The van der Waals surface area contributed by atoms with Crippen LogP contribution in [-0.2, 0) is 0 Å². The van der Waals surface area contributed by atoms with Gasteiger partial charge < -0.3 is 10.4 Å². The number of aliphatic hydroxyl groups excluding tert-OH is 1. The average molecular weight is 269 g/mol. The Kier molecular flexibility index (Phi) is 3.93. The molecule has 1 aromatic carbocycles. The fourth-order valence-corrected chi connectivity index (χ4v) is 2.28. The number of halogens is 2. The van der Waals surface area contributed by atoms with Crippen molar-refractivity contribution in [2.24, 2.45) is 0 Å². The van der Waals surface area contributed by atoms with Gasteiger partial charge in [-0.2, -0.15) is 0 Å². The second-order valence-corrected chi connectivity index (χ2v) is 4.97. The molecule has 1 atom stereocenters. The monoisotopic (exact) mass is 269 g/mol. The third-order valence-corrected chi connectivity index (χ3v) is 3.58. The molecule has 0 fully saturated rings. The van der Waals surface area contributed by atoms with Crippen LogP contribution in [0.3, 0.4) is 0 Å². The Morgan fingerprint density at radius 2 is 2.11 bits per heavy atom. The first-order valence-electron chi connectivity index (χ1n) is 5.49. The van der Waals surface area contributed by atoms with E-state index in [4.69, 9.17) is 0 Å². The molecule has 2 aromatic rings. The maximum absolute atomic E-state index is 13.5. The number of aliphatic hydroxyl groups is 1. The van der Waals surface area contributed by atoms with Crippen molar-refractivity contribution in [2.45, 2.75) is 13.0 Å². The summed E-state index contributed by atoms with van der Waals surface area (Å²) in [6.07, 6.45) is -0.728. The summed E-state index contributed by atoms with van der Waals surface area (Å²) in [5.74, 6) is -0.989. The lowest BCUT2D eigenvalue weighted by atomic mass is 10.2. The van der Waals surface area contributed by atoms with Crippen molar-refractivity contribution in [1.29, 1.82) is 0 Å². The van der Waals surface area contributed by atoms with Gasteiger partial charge in [0.25, 0.3) is 0 Å². The molecule has 18 heavy (non-hydrogen) atoms. The van der Waals surface area contributed by atoms with Crippen molar-refractivity contribution in [3.63, 3.8) is 0 Å². The van der Waals surface area contributed by atoms with Gasteiger partial charge in [0.1, 0.15) is 17.7 Å². The van der Waals surface area contributed by atoms with E-state index in [9.17, 15) is 13.9 Å². The van der Waals surface area contributed by atoms with Crippen LogP contribution in [-0.4, -0.2) is 11.7 Å². The van der Waals surface area contributed by atoms with Gasteiger partial charge in [0.15, 0.2) is 0 Å². The highest BCUT2D eigenvalue weighted by Crippen LogP contribution is 2.22. The molecule has 1 aromatic heterocycles. The lowest BCUT2D eigenvalue weighted by Crippen LogP contribution is -2.12. The summed E-state index contributed by atoms with van der Waals surface area (Å²) in [5.41, 5.74) is 0.325. The number of anilines is 1. The predicted octanol–water partition coefficient (Wildman–Crippen LogP) is 3.48. The minimum Gasteiger partial charge on any atom is -0.386 e. The first-order valence-corrected chi connectivity index (χ1v) is 6.37. The molecule has 0 aliphatic heterocycles. The molecule has 96 valence electrons. The number of rotatable bonds is 4. The van der Waals surface area contributed by atoms with Crippen molar-refractivity contribution in [1.82, 2.24) is 0 Å². The number of benzene rings is 1. The van der Waals surface area contributed by atoms with Gasteiger partial charge in [-0.05, 0) is 30.0 Å². The van der Waals surface area contributed by atoms with E-state index in [1.54, 1.807) is 6.07 Å². The van der Waals surface area contributed by atoms with Crippen LogP contribution in [0.4, 0.5) is 14.5 Å². The van der Waals surface area contributed by atoms with Crippen LogP contribution in [0.15, 0.2) is 29.6 Å². The average Bonchev–Trinajstić information content (AvgIpc) is 2.85. The van der Waals surface area contributed by atoms with Gasteiger partial charge in [0.05, 0.1) is 5.69 Å². The van der Waals surface area contributed by atoms with Crippen molar-refractivity contribution in [3.05, 3.63) is 51.7 Å². The molecule has 1 unspecified atom stereocenters. The Morgan fingerprint density at radius 1 is 1.33 bits per heavy atom. The second-order valence-electron chi connectivity index (χ2n) is 3.99. The summed E-state index contributed by atoms with van der Waals surface area (Å²) < 4.78 is 26.8. The van der Waals surface area contributed by atoms with E-state index in [2.05, 4.69) is 5.32 Å². The van der Waals surface area contributed by atoms with Crippen molar-refractivity contribution >= 4 is 17.0 Å². The lowest BCUT2D eigenvalue weighted by molar-refractivity contribution is 0.195. The number of aryl methyl sites for hydroxylation is 1. The highest BCUT2D eigenvalue weighted by molar-refractivity contribution is 7.10. The minimum absolute atomic E-state index is 0.0636. The molecule has 0 bridgehead atoms. The lowest BCUT2D eigenvalue weighted by Gasteiger charge is -2.12. The maximum atomic E-state index is 13.5. The van der Waals surface area contributed by atoms with Crippen molar-refractivity contribution in [3.8, 4) is 0 Å². The minimum atomic E-state index is -0.728. The van der Waals surface area contributed by atoms with Crippen LogP contribution in [0.5, 0.6) is 0 Å². The molecule has 0 aliphatic carbocycles. The molecule has 0 saturated heterocycles. The quantitative estimate of drug-likeness (QED) is 0.890. The Morgan fingerprint density at radius 3 is 2.78 bits per heavy atom. The summed E-state index contributed by atoms with van der Waals surface area (Å²) in [6, 6.07) is 5.86. The number of hydrogen-bond acceptors (Lipinski definition) is 3. The normalized spacial score (nSPS) is 12.4. The molecule has 2 N–H and O–H groups in total. The Bertz CT molecular complexity index is 528. The third-order valence-electron chi connectivity index (χ3n) is 2.61. The van der Waals surface area contributed by atoms with Crippen molar-refractivity contribution < 1.29 is 13.9 Å². The Hall–Kier alpha value is -1.46. The highest BCUT2D eigenvalue weighted by atomic mass is 32.1. The van der Waals surface area contributed by atoms with Crippen LogP contribution in [0.2, 0.25) is 0 Å². The van der Waals surface area contributed by atoms with Crippen LogP contribution in [0, 0.1) is 18.6 Å². The highest BCUT2D eigenvalue weighted by Gasteiger charge is 2.11. The van der Waals surface area contributed by atoms with Crippen LogP contribution < -0.4 is 5.32 Å². The summed E-state index contributed by atoms with van der Waals surface area (Å²) in [4.78, 5) is 0.787. The smallest absolute Gasteiger partial charge is 0.146 e. The van der Waals surface area contributed by atoms with Gasteiger partial charge in [-0.15, -0.1) is 11.3 Å². The zero-order chi connectivity index (χ0) is 13.1. The SMILES string of the molecule is Cc1cc(F)c(NCC(O)c2cccs2)cc1F. The topological polar surface area (TPSA) is 32.3 Å². The molecule has 0 saturated carbocycles. The summed E-state index contributed by atoms with van der Waals surface area (Å²) in [5, 5.41) is 14.4. The number of hydrogen-bond donors (Lipinski definition) is 2.